The number of hydrogen-bond donors (Lipinski definition) is 0. The lowest BCUT2D eigenvalue weighted by Gasteiger charge is -2.12. The average molecular weight is 440 g/mol. The van der Waals surface area contributed by atoms with Crippen molar-refractivity contribution >= 4 is 22.8 Å². The van der Waals surface area contributed by atoms with Crippen LogP contribution >= 0.6 is 0 Å². The second-order valence-corrected chi connectivity index (χ2v) is 7.29. The number of esters is 1. The van der Waals surface area contributed by atoms with Gasteiger partial charge in [0.05, 0.1) is 30.1 Å². The molecule has 0 radical (unpaired) electrons. The lowest BCUT2D eigenvalue weighted by Crippen LogP contribution is -2.26. The maximum absolute atomic E-state index is 13.5. The number of fused-ring (bicyclic) bond motifs is 1. The number of aryl methyl sites for hydroxylation is 2. The van der Waals surface area contributed by atoms with Crippen LogP contribution in [-0.2, 0) is 22.5 Å². The SMILES string of the molecule is CCCCn1c(=O)c(CCC(=O)OCC(=O)c2cc(F)ccc2OC)nc2ccccc21. The van der Waals surface area contributed by atoms with Gasteiger partial charge in [0.2, 0.25) is 5.78 Å². The van der Waals surface area contributed by atoms with Crippen molar-refractivity contribution in [2.24, 2.45) is 0 Å². The average Bonchev–Trinajstić information content (AvgIpc) is 2.80. The van der Waals surface area contributed by atoms with Crippen molar-refractivity contribution in [1.29, 1.82) is 0 Å². The molecule has 2 aromatic carbocycles. The summed E-state index contributed by atoms with van der Waals surface area (Å²) in [6.07, 6.45) is 1.77. The molecule has 0 saturated heterocycles. The summed E-state index contributed by atoms with van der Waals surface area (Å²) >= 11 is 0. The Bertz CT molecular complexity index is 1190. The van der Waals surface area contributed by atoms with Crippen LogP contribution in [0.3, 0.4) is 0 Å². The highest BCUT2D eigenvalue weighted by Gasteiger charge is 2.17. The summed E-state index contributed by atoms with van der Waals surface area (Å²) in [5.41, 5.74) is 1.47. The monoisotopic (exact) mass is 440 g/mol. The summed E-state index contributed by atoms with van der Waals surface area (Å²) in [5.74, 6) is -1.63. The highest BCUT2D eigenvalue weighted by Crippen LogP contribution is 2.20. The molecule has 32 heavy (non-hydrogen) atoms. The van der Waals surface area contributed by atoms with Crippen LogP contribution < -0.4 is 10.3 Å². The lowest BCUT2D eigenvalue weighted by molar-refractivity contribution is -0.142. The number of nitrogens with zero attached hydrogens (tertiary/aromatic N) is 2. The molecule has 0 bridgehead atoms. The highest BCUT2D eigenvalue weighted by atomic mass is 19.1. The third kappa shape index (κ3) is 5.38. The predicted molar refractivity (Wildman–Crippen MR) is 117 cm³/mol. The maximum Gasteiger partial charge on any atom is 0.306 e. The minimum atomic E-state index is -0.650. The van der Waals surface area contributed by atoms with Gasteiger partial charge in [-0.2, -0.15) is 0 Å². The quantitative estimate of drug-likeness (QED) is 0.353. The number of hydrogen-bond acceptors (Lipinski definition) is 6. The van der Waals surface area contributed by atoms with Gasteiger partial charge in [-0.3, -0.25) is 14.4 Å². The van der Waals surface area contributed by atoms with E-state index < -0.39 is 24.2 Å². The van der Waals surface area contributed by atoms with Crippen LogP contribution in [0, 0.1) is 5.82 Å². The van der Waals surface area contributed by atoms with E-state index >= 15 is 0 Å². The third-order valence-corrected chi connectivity index (χ3v) is 5.05. The first-order valence-corrected chi connectivity index (χ1v) is 10.5. The molecular weight excluding hydrogens is 415 g/mol. The second kappa shape index (κ2) is 10.7. The van der Waals surface area contributed by atoms with E-state index in [1.165, 1.54) is 19.2 Å². The Balaban J connectivity index is 1.67. The van der Waals surface area contributed by atoms with Crippen molar-refractivity contribution in [2.75, 3.05) is 13.7 Å². The molecular formula is C24H25FN2O5. The summed E-state index contributed by atoms with van der Waals surface area (Å²) in [4.78, 5) is 41.8. The Morgan fingerprint density at radius 1 is 1.16 bits per heavy atom. The van der Waals surface area contributed by atoms with Crippen molar-refractivity contribution < 1.29 is 23.5 Å². The predicted octanol–water partition coefficient (Wildman–Crippen LogP) is 3.70. The molecule has 168 valence electrons. The number of methoxy groups -OCH3 is 1. The highest BCUT2D eigenvalue weighted by molar-refractivity contribution is 6.00. The van der Waals surface area contributed by atoms with Gasteiger partial charge in [-0.25, -0.2) is 9.37 Å². The number of benzene rings is 2. The summed E-state index contributed by atoms with van der Waals surface area (Å²) in [6, 6.07) is 10.9. The largest absolute Gasteiger partial charge is 0.496 e. The fourth-order valence-electron chi connectivity index (χ4n) is 3.36. The number of ether oxygens (including phenoxy) is 2. The molecule has 3 rings (SSSR count). The van der Waals surface area contributed by atoms with Gasteiger partial charge in [0.1, 0.15) is 17.3 Å². The Labute approximate surface area is 184 Å². The molecule has 0 aliphatic heterocycles. The van der Waals surface area contributed by atoms with E-state index in [2.05, 4.69) is 4.98 Å². The molecule has 1 heterocycles. The molecule has 0 spiro atoms. The molecule has 0 amide bonds. The Morgan fingerprint density at radius 2 is 1.94 bits per heavy atom. The van der Waals surface area contributed by atoms with Crippen molar-refractivity contribution in [3.8, 4) is 5.75 Å². The van der Waals surface area contributed by atoms with Crippen LogP contribution in [0.1, 0.15) is 42.2 Å². The molecule has 0 N–H and O–H groups in total. The molecule has 0 fully saturated rings. The lowest BCUT2D eigenvalue weighted by atomic mass is 10.1. The summed E-state index contributed by atoms with van der Waals surface area (Å²) in [5, 5.41) is 0. The van der Waals surface area contributed by atoms with Gasteiger partial charge in [-0.05, 0) is 36.8 Å². The first-order chi connectivity index (χ1) is 15.4. The molecule has 0 unspecified atom stereocenters. The molecule has 0 aliphatic rings. The topological polar surface area (TPSA) is 87.5 Å². The Hall–Kier alpha value is -3.55. The van der Waals surface area contributed by atoms with Crippen LogP contribution in [0.5, 0.6) is 5.75 Å². The zero-order valence-electron chi connectivity index (χ0n) is 18.1. The number of unbranched alkanes of at least 4 members (excludes halogenated alkanes) is 1. The van der Waals surface area contributed by atoms with Crippen LogP contribution in [0.2, 0.25) is 0 Å². The number of carbonyl (C=O) groups excluding carboxylic acids is 2. The number of ketones is 1. The van der Waals surface area contributed by atoms with E-state index in [-0.39, 0.29) is 35.4 Å². The number of carbonyl (C=O) groups is 2. The fraction of sp³-hybridized carbons (Fsp3) is 0.333. The van der Waals surface area contributed by atoms with Crippen LogP contribution in [0.4, 0.5) is 4.39 Å². The Kier molecular flexibility index (Phi) is 7.70. The third-order valence-electron chi connectivity index (χ3n) is 5.05. The molecule has 7 nitrogen and oxygen atoms in total. The zero-order chi connectivity index (χ0) is 23.1. The fourth-order valence-corrected chi connectivity index (χ4v) is 3.36. The van der Waals surface area contributed by atoms with Crippen LogP contribution in [0.15, 0.2) is 47.3 Å². The molecule has 3 aromatic rings. The molecule has 0 aliphatic carbocycles. The van der Waals surface area contributed by atoms with Gasteiger partial charge in [-0.15, -0.1) is 0 Å². The minimum absolute atomic E-state index is 0.00435. The number of para-hydroxylation sites is 2. The molecule has 0 saturated carbocycles. The molecule has 1 aromatic heterocycles. The van der Waals surface area contributed by atoms with Gasteiger partial charge >= 0.3 is 5.97 Å². The van der Waals surface area contributed by atoms with E-state index in [1.807, 2.05) is 31.2 Å². The molecule has 0 atom stereocenters. The van der Waals surface area contributed by atoms with Gasteiger partial charge in [0.15, 0.2) is 6.61 Å². The van der Waals surface area contributed by atoms with Gasteiger partial charge in [0, 0.05) is 13.0 Å². The maximum atomic E-state index is 13.5. The van der Waals surface area contributed by atoms with E-state index in [9.17, 15) is 18.8 Å². The van der Waals surface area contributed by atoms with E-state index in [0.717, 1.165) is 24.4 Å². The summed E-state index contributed by atoms with van der Waals surface area (Å²) in [7, 11) is 1.36. The number of halogens is 1. The normalized spacial score (nSPS) is 10.8. The van der Waals surface area contributed by atoms with E-state index in [4.69, 9.17) is 9.47 Å². The first kappa shape index (κ1) is 23.1. The summed E-state index contributed by atoms with van der Waals surface area (Å²) in [6.45, 7) is 2.07. The van der Waals surface area contributed by atoms with Gasteiger partial charge in [-0.1, -0.05) is 25.5 Å². The van der Waals surface area contributed by atoms with Gasteiger partial charge < -0.3 is 14.0 Å². The molecule has 8 heteroatoms. The first-order valence-electron chi connectivity index (χ1n) is 10.5. The minimum Gasteiger partial charge on any atom is -0.496 e. The van der Waals surface area contributed by atoms with Crippen LogP contribution in [0.25, 0.3) is 11.0 Å². The number of rotatable bonds is 10. The smallest absolute Gasteiger partial charge is 0.306 e. The van der Waals surface area contributed by atoms with E-state index in [1.54, 1.807) is 4.57 Å². The van der Waals surface area contributed by atoms with E-state index in [0.29, 0.717) is 12.1 Å². The van der Waals surface area contributed by atoms with Crippen molar-refractivity contribution in [1.82, 2.24) is 9.55 Å². The number of aromatic nitrogens is 2. The Morgan fingerprint density at radius 3 is 2.69 bits per heavy atom. The number of Topliss-reactive ketones (excluding diaryl/α,β-unsaturated/α-hetero) is 1. The van der Waals surface area contributed by atoms with Crippen LogP contribution in [-0.4, -0.2) is 35.0 Å². The van der Waals surface area contributed by atoms with Crippen molar-refractivity contribution in [2.45, 2.75) is 39.2 Å². The standard InChI is InChI=1S/C24H25FN2O5/c1-3-4-13-27-20-8-6-5-7-18(20)26-19(24(27)30)10-12-23(29)32-15-21(28)17-14-16(25)9-11-22(17)31-2/h5-9,11,14H,3-4,10,12-13,15H2,1-2H3. The summed E-state index contributed by atoms with van der Waals surface area (Å²) < 4.78 is 25.2. The van der Waals surface area contributed by atoms with Crippen molar-refractivity contribution in [3.63, 3.8) is 0 Å². The van der Waals surface area contributed by atoms with Crippen molar-refractivity contribution in [3.05, 3.63) is 69.9 Å². The van der Waals surface area contributed by atoms with Gasteiger partial charge in [0.25, 0.3) is 5.56 Å². The second-order valence-electron chi connectivity index (χ2n) is 7.29. The zero-order valence-corrected chi connectivity index (χ0v) is 18.1.